The number of fused-ring (bicyclic) bond motifs is 3. The molecule has 10 nitrogen and oxygen atoms in total. The molecule has 0 saturated carbocycles. The molecule has 6 heterocycles. The van der Waals surface area contributed by atoms with Gasteiger partial charge in [-0.25, -0.2) is 14.4 Å². The number of carbonyl (C=O) groups is 2. The first-order chi connectivity index (χ1) is 17.8. The lowest BCUT2D eigenvalue weighted by Crippen LogP contribution is -2.48. The number of anilines is 1. The number of hydrogen-bond acceptors (Lipinski definition) is 7. The van der Waals surface area contributed by atoms with Crippen molar-refractivity contribution in [2.24, 2.45) is 0 Å². The minimum Gasteiger partial charge on any atom is -0.383 e. The van der Waals surface area contributed by atoms with Crippen LogP contribution in [0.25, 0.3) is 28.3 Å². The first kappa shape index (κ1) is 23.3. The van der Waals surface area contributed by atoms with Gasteiger partial charge in [-0.05, 0) is 45.6 Å². The van der Waals surface area contributed by atoms with Crippen LogP contribution in [0, 0.1) is 0 Å². The molecule has 2 aliphatic heterocycles. The van der Waals surface area contributed by atoms with E-state index < -0.39 is 12.1 Å². The number of aromatic amines is 1. The monoisotopic (exact) mass is 502 g/mol. The van der Waals surface area contributed by atoms with Crippen LogP contribution < -0.4 is 5.73 Å². The standard InChI is InChI=1S/C26H27FN8O2/c1-13(27)26(37)34-17-4-5-18(34)10-16(9-17)22-21(14(2)36)23(28)35-25(33-22)19(12-32-35)15-3-6-20(31-11-15)24-29-7-8-30-24/h3,6-8,11-13,16-18H,4-5,9-10,28H2,1-2H3,(H,29,30). The number of nitrogens with two attached hydrogens (primary N) is 1. The lowest BCUT2D eigenvalue weighted by Gasteiger charge is -2.39. The highest BCUT2D eigenvalue weighted by Crippen LogP contribution is 2.45. The zero-order chi connectivity index (χ0) is 25.8. The van der Waals surface area contributed by atoms with Crippen molar-refractivity contribution in [1.29, 1.82) is 0 Å². The van der Waals surface area contributed by atoms with Gasteiger partial charge in [0.2, 0.25) is 0 Å². The molecule has 3 unspecified atom stereocenters. The number of imidazole rings is 1. The van der Waals surface area contributed by atoms with Gasteiger partial charge >= 0.3 is 0 Å². The average Bonchev–Trinajstić information content (AvgIpc) is 3.62. The largest absolute Gasteiger partial charge is 0.383 e. The molecule has 190 valence electrons. The van der Waals surface area contributed by atoms with Crippen molar-refractivity contribution < 1.29 is 14.0 Å². The van der Waals surface area contributed by atoms with Crippen molar-refractivity contribution in [3.63, 3.8) is 0 Å². The molecule has 4 aromatic rings. The highest BCUT2D eigenvalue weighted by Gasteiger charge is 2.46. The molecule has 6 rings (SSSR count). The smallest absolute Gasteiger partial charge is 0.257 e. The van der Waals surface area contributed by atoms with Gasteiger partial charge in [0.25, 0.3) is 5.91 Å². The molecule has 2 aliphatic rings. The Morgan fingerprint density at radius 2 is 1.92 bits per heavy atom. The van der Waals surface area contributed by atoms with E-state index in [-0.39, 0.29) is 29.6 Å². The number of piperidine rings is 1. The quantitative estimate of drug-likeness (QED) is 0.398. The molecule has 2 saturated heterocycles. The lowest BCUT2D eigenvalue weighted by atomic mass is 9.85. The molecule has 11 heteroatoms. The number of alkyl halides is 1. The number of nitrogens with one attached hydrogen (secondary N) is 1. The third-order valence-electron chi connectivity index (χ3n) is 7.59. The number of pyridine rings is 1. The number of nitrogen functional groups attached to an aromatic ring is 1. The zero-order valence-corrected chi connectivity index (χ0v) is 20.6. The van der Waals surface area contributed by atoms with Crippen molar-refractivity contribution in [3.05, 3.63) is 48.2 Å². The number of carbonyl (C=O) groups excluding carboxylic acids is 2. The fourth-order valence-electron chi connectivity index (χ4n) is 5.96. The fraction of sp³-hybridized carbons (Fsp3) is 0.385. The van der Waals surface area contributed by atoms with Crippen molar-refractivity contribution in [1.82, 2.24) is 34.4 Å². The maximum Gasteiger partial charge on any atom is 0.257 e. The van der Waals surface area contributed by atoms with Crippen molar-refractivity contribution in [3.8, 4) is 22.6 Å². The van der Waals surface area contributed by atoms with E-state index in [1.165, 1.54) is 18.4 Å². The van der Waals surface area contributed by atoms with Crippen LogP contribution in [0.3, 0.4) is 0 Å². The summed E-state index contributed by atoms with van der Waals surface area (Å²) in [6.45, 7) is 2.76. The number of halogens is 1. The Morgan fingerprint density at radius 3 is 2.51 bits per heavy atom. The zero-order valence-electron chi connectivity index (χ0n) is 20.6. The van der Waals surface area contributed by atoms with E-state index in [2.05, 4.69) is 20.1 Å². The van der Waals surface area contributed by atoms with Crippen LogP contribution in [0.1, 0.15) is 61.5 Å². The van der Waals surface area contributed by atoms with Gasteiger partial charge in [-0.15, -0.1) is 0 Å². The van der Waals surface area contributed by atoms with E-state index in [0.717, 1.165) is 24.0 Å². The summed E-state index contributed by atoms with van der Waals surface area (Å²) in [5.41, 5.74) is 10.3. The van der Waals surface area contributed by atoms with Gasteiger partial charge in [0.1, 0.15) is 11.5 Å². The van der Waals surface area contributed by atoms with Crippen LogP contribution in [0.15, 0.2) is 36.9 Å². The highest BCUT2D eigenvalue weighted by atomic mass is 19.1. The molecule has 3 N–H and O–H groups in total. The third kappa shape index (κ3) is 3.76. The molecule has 0 spiro atoms. The average molecular weight is 503 g/mol. The fourth-order valence-corrected chi connectivity index (χ4v) is 5.96. The van der Waals surface area contributed by atoms with Gasteiger partial charge in [-0.3, -0.25) is 14.6 Å². The molecule has 37 heavy (non-hydrogen) atoms. The normalized spacial score (nSPS) is 21.9. The number of aromatic nitrogens is 6. The van der Waals surface area contributed by atoms with Crippen LogP contribution in [0.5, 0.6) is 0 Å². The van der Waals surface area contributed by atoms with Crippen LogP contribution >= 0.6 is 0 Å². The Balaban J connectivity index is 1.41. The number of rotatable bonds is 5. The number of Topliss-reactive ketones (excluding diaryl/α,β-unsaturated/α-hetero) is 1. The topological polar surface area (TPSA) is 135 Å². The maximum atomic E-state index is 13.9. The number of hydrogen-bond donors (Lipinski definition) is 2. The number of amides is 1. The molecule has 4 aromatic heterocycles. The van der Waals surface area contributed by atoms with E-state index in [1.54, 1.807) is 29.7 Å². The second-order valence-electron chi connectivity index (χ2n) is 9.89. The van der Waals surface area contributed by atoms with E-state index in [9.17, 15) is 14.0 Å². The maximum absolute atomic E-state index is 13.9. The molecular formula is C26H27FN8O2. The Labute approximate surface area is 212 Å². The first-order valence-corrected chi connectivity index (χ1v) is 12.4. The predicted octanol–water partition coefficient (Wildman–Crippen LogP) is 3.56. The van der Waals surface area contributed by atoms with Crippen LogP contribution in [-0.2, 0) is 4.79 Å². The Hall–Kier alpha value is -4.15. The number of ketones is 1. The van der Waals surface area contributed by atoms with Gasteiger partial charge in [0.15, 0.2) is 23.4 Å². The summed E-state index contributed by atoms with van der Waals surface area (Å²) in [5.74, 6) is 0.187. The van der Waals surface area contributed by atoms with Gasteiger partial charge in [-0.2, -0.15) is 9.61 Å². The van der Waals surface area contributed by atoms with Gasteiger partial charge in [-0.1, -0.05) is 6.07 Å². The highest BCUT2D eigenvalue weighted by molar-refractivity contribution is 6.00. The van der Waals surface area contributed by atoms with Crippen molar-refractivity contribution in [2.75, 3.05) is 5.73 Å². The summed E-state index contributed by atoms with van der Waals surface area (Å²) in [4.78, 5) is 43.7. The summed E-state index contributed by atoms with van der Waals surface area (Å²) < 4.78 is 15.4. The number of nitrogens with zero attached hydrogens (tertiary/aromatic N) is 6. The van der Waals surface area contributed by atoms with Crippen LogP contribution in [0.4, 0.5) is 10.2 Å². The summed E-state index contributed by atoms with van der Waals surface area (Å²) in [7, 11) is 0. The molecule has 2 fully saturated rings. The Kier molecular flexibility index (Phi) is 5.50. The molecule has 0 radical (unpaired) electrons. The van der Waals surface area contributed by atoms with E-state index in [1.807, 2.05) is 12.1 Å². The molecule has 3 atom stereocenters. The van der Waals surface area contributed by atoms with Gasteiger partial charge in [0.05, 0.1) is 17.5 Å². The summed E-state index contributed by atoms with van der Waals surface area (Å²) in [5, 5.41) is 4.43. The molecule has 0 aromatic carbocycles. The lowest BCUT2D eigenvalue weighted by molar-refractivity contribution is -0.140. The van der Waals surface area contributed by atoms with E-state index in [0.29, 0.717) is 41.3 Å². The number of H-pyrrole nitrogens is 1. The predicted molar refractivity (Wildman–Crippen MR) is 134 cm³/mol. The van der Waals surface area contributed by atoms with Crippen LogP contribution in [-0.4, -0.2) is 64.4 Å². The second kappa shape index (κ2) is 8.75. The summed E-state index contributed by atoms with van der Waals surface area (Å²) in [6, 6.07) is 3.63. The van der Waals surface area contributed by atoms with Crippen LogP contribution in [0.2, 0.25) is 0 Å². The minimum atomic E-state index is -1.53. The van der Waals surface area contributed by atoms with E-state index >= 15 is 0 Å². The summed E-state index contributed by atoms with van der Waals surface area (Å²) >= 11 is 0. The van der Waals surface area contributed by atoms with Crippen molar-refractivity contribution in [2.45, 2.75) is 63.7 Å². The molecule has 1 amide bonds. The first-order valence-electron chi connectivity index (χ1n) is 12.4. The molecule has 2 bridgehead atoms. The second-order valence-corrected chi connectivity index (χ2v) is 9.89. The Bertz CT molecular complexity index is 1480. The van der Waals surface area contributed by atoms with Crippen molar-refractivity contribution >= 4 is 23.2 Å². The Morgan fingerprint density at radius 1 is 1.16 bits per heavy atom. The molecule has 0 aliphatic carbocycles. The van der Waals surface area contributed by atoms with Gasteiger partial charge < -0.3 is 15.6 Å². The third-order valence-corrected chi connectivity index (χ3v) is 7.59. The summed E-state index contributed by atoms with van der Waals surface area (Å²) in [6.07, 6.45) is 8.14. The molecular weight excluding hydrogens is 475 g/mol. The van der Waals surface area contributed by atoms with E-state index in [4.69, 9.17) is 10.7 Å². The minimum absolute atomic E-state index is 0.0729. The van der Waals surface area contributed by atoms with Gasteiger partial charge in [0, 0.05) is 47.7 Å². The SMILES string of the molecule is CC(=O)c1c(C2CC3CCC(C2)N3C(=O)C(C)F)nc2c(-c3ccc(-c4ncc[nH]4)nc3)cnn2c1N.